The molecule has 100 valence electrons. The lowest BCUT2D eigenvalue weighted by molar-refractivity contribution is -0.144. The van der Waals surface area contributed by atoms with Crippen molar-refractivity contribution in [3.63, 3.8) is 0 Å². The molecule has 0 saturated carbocycles. The molecule has 0 radical (unpaired) electrons. The van der Waals surface area contributed by atoms with Crippen LogP contribution in [0.25, 0.3) is 0 Å². The van der Waals surface area contributed by atoms with Crippen molar-refractivity contribution >= 4 is 5.78 Å². The number of nitrogens with zero attached hydrogens (tertiary/aromatic N) is 1. The summed E-state index contributed by atoms with van der Waals surface area (Å²) in [6.07, 6.45) is -4.35. The molecule has 1 aromatic carbocycles. The maximum Gasteiger partial charge on any atom is 0.401 e. The third kappa shape index (κ3) is 4.83. The molecule has 0 aliphatic rings. The van der Waals surface area contributed by atoms with E-state index in [9.17, 15) is 22.4 Å². The summed E-state index contributed by atoms with van der Waals surface area (Å²) in [6, 6.07) is 4.92. The minimum atomic E-state index is -4.35. The van der Waals surface area contributed by atoms with Gasteiger partial charge in [0.15, 0.2) is 5.78 Å². The summed E-state index contributed by atoms with van der Waals surface area (Å²) in [5, 5.41) is 0. The number of rotatable bonds is 5. The van der Waals surface area contributed by atoms with Gasteiger partial charge in [0.25, 0.3) is 0 Å². The maximum absolute atomic E-state index is 12.9. The lowest BCUT2D eigenvalue weighted by Crippen LogP contribution is -2.37. The Bertz CT molecular complexity index is 417. The summed E-state index contributed by atoms with van der Waals surface area (Å²) < 4.78 is 49.5. The van der Waals surface area contributed by atoms with E-state index in [0.717, 1.165) is 11.0 Å². The van der Waals surface area contributed by atoms with Gasteiger partial charge in [0.1, 0.15) is 5.82 Å². The Balaban J connectivity index is 2.68. The number of alkyl halides is 3. The zero-order valence-electron chi connectivity index (χ0n) is 9.80. The van der Waals surface area contributed by atoms with Crippen LogP contribution in [0.5, 0.6) is 0 Å². The minimum Gasteiger partial charge on any atom is -0.293 e. The first kappa shape index (κ1) is 14.6. The molecule has 1 rings (SSSR count). The van der Waals surface area contributed by atoms with Crippen LogP contribution in [-0.2, 0) is 0 Å². The number of likely N-dealkylation sites (N-methyl/N-ethyl adjacent to an activating group) is 1. The van der Waals surface area contributed by atoms with E-state index in [1.54, 1.807) is 0 Å². The highest BCUT2D eigenvalue weighted by molar-refractivity contribution is 5.97. The van der Waals surface area contributed by atoms with Gasteiger partial charge in [0, 0.05) is 5.56 Å². The molecule has 1 aromatic rings. The Hall–Kier alpha value is -1.43. The van der Waals surface area contributed by atoms with Gasteiger partial charge in [-0.25, -0.2) is 4.39 Å². The van der Waals surface area contributed by atoms with Crippen LogP contribution in [0.3, 0.4) is 0 Å². The SMILES string of the molecule is CCN(CC(=O)c1cccc(F)c1)CC(F)(F)F. The first-order valence-corrected chi connectivity index (χ1v) is 5.39. The Morgan fingerprint density at radius 1 is 1.33 bits per heavy atom. The Labute approximate surface area is 102 Å². The zero-order chi connectivity index (χ0) is 13.8. The van der Waals surface area contributed by atoms with E-state index in [-0.39, 0.29) is 18.7 Å². The maximum atomic E-state index is 12.9. The van der Waals surface area contributed by atoms with Crippen molar-refractivity contribution in [1.82, 2.24) is 4.90 Å². The van der Waals surface area contributed by atoms with Gasteiger partial charge in [0.05, 0.1) is 13.1 Å². The molecule has 0 aromatic heterocycles. The highest BCUT2D eigenvalue weighted by atomic mass is 19.4. The molecule has 18 heavy (non-hydrogen) atoms. The molecular formula is C12H13F4NO. The largest absolute Gasteiger partial charge is 0.401 e. The molecule has 0 N–H and O–H groups in total. The van der Waals surface area contributed by atoms with Gasteiger partial charge < -0.3 is 0 Å². The van der Waals surface area contributed by atoms with Crippen molar-refractivity contribution in [3.05, 3.63) is 35.6 Å². The topological polar surface area (TPSA) is 20.3 Å². The van der Waals surface area contributed by atoms with E-state index >= 15 is 0 Å². The lowest BCUT2D eigenvalue weighted by atomic mass is 10.1. The van der Waals surface area contributed by atoms with Gasteiger partial charge in [-0.1, -0.05) is 19.1 Å². The predicted octanol–water partition coefficient (Wildman–Crippen LogP) is 2.89. The van der Waals surface area contributed by atoms with Crippen LogP contribution < -0.4 is 0 Å². The number of Topliss-reactive ketones (excluding diaryl/α,β-unsaturated/α-hetero) is 1. The Morgan fingerprint density at radius 3 is 2.50 bits per heavy atom. The fraction of sp³-hybridized carbons (Fsp3) is 0.417. The molecule has 2 nitrogen and oxygen atoms in total. The molecule has 0 unspecified atom stereocenters. The molecule has 0 heterocycles. The molecule has 0 amide bonds. The molecule has 0 aliphatic heterocycles. The normalized spacial score (nSPS) is 11.9. The molecular weight excluding hydrogens is 250 g/mol. The summed E-state index contributed by atoms with van der Waals surface area (Å²) in [7, 11) is 0. The smallest absolute Gasteiger partial charge is 0.293 e. The van der Waals surface area contributed by atoms with Crippen molar-refractivity contribution < 1.29 is 22.4 Å². The zero-order valence-corrected chi connectivity index (χ0v) is 9.80. The third-order valence-corrected chi connectivity index (χ3v) is 2.36. The molecule has 0 saturated heterocycles. The van der Waals surface area contributed by atoms with E-state index in [1.165, 1.54) is 25.1 Å². The molecule has 0 aliphatic carbocycles. The third-order valence-electron chi connectivity index (χ3n) is 2.36. The average molecular weight is 263 g/mol. The van der Waals surface area contributed by atoms with Crippen molar-refractivity contribution in [2.75, 3.05) is 19.6 Å². The average Bonchev–Trinajstić information content (AvgIpc) is 2.26. The second-order valence-electron chi connectivity index (χ2n) is 3.85. The summed E-state index contributed by atoms with van der Waals surface area (Å²) in [5.41, 5.74) is 0.0793. The highest BCUT2D eigenvalue weighted by Crippen LogP contribution is 2.16. The second kappa shape index (κ2) is 5.95. The summed E-state index contributed by atoms with van der Waals surface area (Å²) in [5.74, 6) is -1.11. The molecule has 0 bridgehead atoms. The molecule has 0 atom stereocenters. The number of carbonyl (C=O) groups is 1. The molecule has 6 heteroatoms. The van der Waals surface area contributed by atoms with Crippen LogP contribution in [0, 0.1) is 5.82 Å². The van der Waals surface area contributed by atoms with Gasteiger partial charge >= 0.3 is 6.18 Å². The van der Waals surface area contributed by atoms with Crippen molar-refractivity contribution in [1.29, 1.82) is 0 Å². The Kier molecular flexibility index (Phi) is 4.84. The monoisotopic (exact) mass is 263 g/mol. The van der Waals surface area contributed by atoms with Gasteiger partial charge in [0.2, 0.25) is 0 Å². The molecule has 0 fully saturated rings. The fourth-order valence-corrected chi connectivity index (χ4v) is 1.49. The Morgan fingerprint density at radius 2 is 2.00 bits per heavy atom. The lowest BCUT2D eigenvalue weighted by Gasteiger charge is -2.20. The summed E-state index contributed by atoms with van der Waals surface area (Å²) in [4.78, 5) is 12.6. The van der Waals surface area contributed by atoms with Crippen LogP contribution in [0.15, 0.2) is 24.3 Å². The standard InChI is InChI=1S/C12H13F4NO/c1-2-17(8-12(14,15)16)7-11(18)9-4-3-5-10(13)6-9/h3-6H,2,7-8H2,1H3. The number of carbonyl (C=O) groups excluding carboxylic acids is 1. The first-order valence-electron chi connectivity index (χ1n) is 5.39. The van der Waals surface area contributed by atoms with Crippen molar-refractivity contribution in [3.8, 4) is 0 Å². The number of halogens is 4. The number of hydrogen-bond donors (Lipinski definition) is 0. The molecule has 0 spiro atoms. The number of hydrogen-bond acceptors (Lipinski definition) is 2. The van der Waals surface area contributed by atoms with E-state index < -0.39 is 24.3 Å². The van der Waals surface area contributed by atoms with E-state index in [2.05, 4.69) is 0 Å². The number of ketones is 1. The van der Waals surface area contributed by atoms with Crippen LogP contribution in [-0.4, -0.2) is 36.5 Å². The second-order valence-corrected chi connectivity index (χ2v) is 3.85. The van der Waals surface area contributed by atoms with E-state index in [1.807, 2.05) is 0 Å². The van der Waals surface area contributed by atoms with Crippen LogP contribution in [0.4, 0.5) is 17.6 Å². The van der Waals surface area contributed by atoms with E-state index in [4.69, 9.17) is 0 Å². The van der Waals surface area contributed by atoms with Crippen molar-refractivity contribution in [2.45, 2.75) is 13.1 Å². The van der Waals surface area contributed by atoms with Gasteiger partial charge in [-0.2, -0.15) is 13.2 Å². The van der Waals surface area contributed by atoms with Crippen LogP contribution in [0.1, 0.15) is 17.3 Å². The fourth-order valence-electron chi connectivity index (χ4n) is 1.49. The summed E-state index contributed by atoms with van der Waals surface area (Å²) in [6.45, 7) is 0.106. The van der Waals surface area contributed by atoms with Crippen LogP contribution >= 0.6 is 0 Å². The quantitative estimate of drug-likeness (QED) is 0.601. The number of benzene rings is 1. The summed E-state index contributed by atoms with van der Waals surface area (Å²) >= 11 is 0. The van der Waals surface area contributed by atoms with Gasteiger partial charge in [-0.15, -0.1) is 0 Å². The van der Waals surface area contributed by atoms with Gasteiger partial charge in [-0.05, 0) is 18.7 Å². The van der Waals surface area contributed by atoms with Gasteiger partial charge in [-0.3, -0.25) is 9.69 Å². The highest BCUT2D eigenvalue weighted by Gasteiger charge is 2.30. The van der Waals surface area contributed by atoms with E-state index in [0.29, 0.717) is 0 Å². The van der Waals surface area contributed by atoms with Crippen LogP contribution in [0.2, 0.25) is 0 Å². The van der Waals surface area contributed by atoms with Crippen molar-refractivity contribution in [2.24, 2.45) is 0 Å². The predicted molar refractivity (Wildman–Crippen MR) is 58.9 cm³/mol. The first-order chi connectivity index (χ1) is 8.31. The minimum absolute atomic E-state index is 0.0793.